The van der Waals surface area contributed by atoms with Gasteiger partial charge < -0.3 is 10.3 Å². The average molecular weight is 441 g/mol. The van der Waals surface area contributed by atoms with E-state index in [1.807, 2.05) is 6.20 Å². The summed E-state index contributed by atoms with van der Waals surface area (Å²) in [7, 11) is 0. The number of amides is 1. The van der Waals surface area contributed by atoms with Gasteiger partial charge in [-0.1, -0.05) is 63.3 Å². The number of hydrogen-bond donors (Lipinski definition) is 2. The summed E-state index contributed by atoms with van der Waals surface area (Å²) in [6, 6.07) is 4.75. The van der Waals surface area contributed by atoms with Gasteiger partial charge in [0.2, 0.25) is 5.91 Å². The van der Waals surface area contributed by atoms with Crippen molar-refractivity contribution in [2.24, 2.45) is 0 Å². The van der Waals surface area contributed by atoms with Crippen LogP contribution < -0.4 is 5.32 Å². The van der Waals surface area contributed by atoms with Crippen LogP contribution in [0.5, 0.6) is 0 Å². The number of H-pyrrole nitrogens is 1. The summed E-state index contributed by atoms with van der Waals surface area (Å²) in [5.74, 6) is -0.120. The van der Waals surface area contributed by atoms with E-state index < -0.39 is 0 Å². The van der Waals surface area contributed by atoms with Crippen molar-refractivity contribution >= 4 is 16.8 Å². The lowest BCUT2D eigenvalue weighted by molar-refractivity contribution is -0.121. The Morgan fingerprint density at radius 3 is 2.47 bits per heavy atom. The summed E-state index contributed by atoms with van der Waals surface area (Å²) in [5.41, 5.74) is 1.97. The summed E-state index contributed by atoms with van der Waals surface area (Å²) in [5, 5.41) is 3.88. The van der Waals surface area contributed by atoms with Crippen molar-refractivity contribution in [1.82, 2.24) is 10.3 Å². The lowest BCUT2D eigenvalue weighted by Crippen LogP contribution is -2.25. The molecule has 2 aromatic rings. The molecule has 1 aromatic heterocycles. The number of nitrogens with one attached hydrogen (secondary N) is 2. The van der Waals surface area contributed by atoms with Crippen molar-refractivity contribution in [2.45, 2.75) is 90.4 Å². The zero-order valence-electron chi connectivity index (χ0n) is 19.8. The largest absolute Gasteiger partial charge is 0.361 e. The standard InChI is InChI=1S/C28H41FN2O/c1-2-3-4-5-6-7-8-9-10-11-12-13-14-15-16-17-28(32)30-21-20-24-23-31-27-19-18-25(29)22-26(24)27/h6-7,9-10,18-19,22-23,31H,2-5,8,11-17,20-21H2,1H3,(H,30,32)/b7-6-,10-9-. The van der Waals surface area contributed by atoms with Gasteiger partial charge in [0.1, 0.15) is 5.82 Å². The van der Waals surface area contributed by atoms with E-state index in [-0.39, 0.29) is 11.7 Å². The van der Waals surface area contributed by atoms with Crippen LogP contribution in [0.15, 0.2) is 48.7 Å². The van der Waals surface area contributed by atoms with Gasteiger partial charge in [0.05, 0.1) is 0 Å². The quantitative estimate of drug-likeness (QED) is 0.191. The third-order valence-corrected chi connectivity index (χ3v) is 5.80. The van der Waals surface area contributed by atoms with Crippen molar-refractivity contribution in [3.05, 3.63) is 60.1 Å². The molecule has 0 spiro atoms. The third-order valence-electron chi connectivity index (χ3n) is 5.80. The zero-order valence-corrected chi connectivity index (χ0v) is 19.8. The maximum Gasteiger partial charge on any atom is 0.220 e. The molecule has 0 fully saturated rings. The summed E-state index contributed by atoms with van der Waals surface area (Å²) in [6.45, 7) is 2.83. The highest BCUT2D eigenvalue weighted by molar-refractivity contribution is 5.83. The lowest BCUT2D eigenvalue weighted by Gasteiger charge is -2.05. The molecule has 0 unspecified atom stereocenters. The predicted molar refractivity (Wildman–Crippen MR) is 134 cm³/mol. The van der Waals surface area contributed by atoms with Crippen LogP contribution in [-0.2, 0) is 11.2 Å². The number of allylic oxidation sites excluding steroid dienone is 4. The smallest absolute Gasteiger partial charge is 0.220 e. The first-order valence-corrected chi connectivity index (χ1v) is 12.5. The Kier molecular flexibility index (Phi) is 13.2. The maximum atomic E-state index is 13.4. The highest BCUT2D eigenvalue weighted by Crippen LogP contribution is 2.19. The molecule has 0 bridgehead atoms. The zero-order chi connectivity index (χ0) is 22.9. The topological polar surface area (TPSA) is 44.9 Å². The van der Waals surface area contributed by atoms with Crippen molar-refractivity contribution in [1.29, 1.82) is 0 Å². The van der Waals surface area contributed by atoms with E-state index in [0.29, 0.717) is 19.4 Å². The third kappa shape index (κ3) is 10.8. The molecule has 0 aliphatic carbocycles. The number of hydrogen-bond acceptors (Lipinski definition) is 1. The maximum absolute atomic E-state index is 13.4. The highest BCUT2D eigenvalue weighted by Gasteiger charge is 2.06. The molecule has 32 heavy (non-hydrogen) atoms. The molecule has 0 saturated carbocycles. The van der Waals surface area contributed by atoms with E-state index in [9.17, 15) is 9.18 Å². The fraction of sp³-hybridized carbons (Fsp3) is 0.536. The Bertz CT molecular complexity index is 837. The van der Waals surface area contributed by atoms with Crippen LogP contribution in [0.25, 0.3) is 10.9 Å². The van der Waals surface area contributed by atoms with Crippen molar-refractivity contribution in [3.63, 3.8) is 0 Å². The molecule has 3 nitrogen and oxygen atoms in total. The van der Waals surface area contributed by atoms with Gasteiger partial charge in [-0.2, -0.15) is 0 Å². The van der Waals surface area contributed by atoms with E-state index in [2.05, 4.69) is 41.5 Å². The molecule has 1 aromatic carbocycles. The molecule has 1 amide bonds. The van der Waals surface area contributed by atoms with Gasteiger partial charge in [-0.25, -0.2) is 4.39 Å². The number of carbonyl (C=O) groups excluding carboxylic acids is 1. The predicted octanol–water partition coefficient (Wildman–Crippen LogP) is 7.78. The van der Waals surface area contributed by atoms with Gasteiger partial charge in [-0.05, 0) is 68.7 Å². The molecule has 0 aliphatic rings. The number of benzene rings is 1. The fourth-order valence-corrected chi connectivity index (χ4v) is 3.88. The molecule has 0 aliphatic heterocycles. The van der Waals surface area contributed by atoms with E-state index in [4.69, 9.17) is 0 Å². The highest BCUT2D eigenvalue weighted by atomic mass is 19.1. The monoisotopic (exact) mass is 440 g/mol. The lowest BCUT2D eigenvalue weighted by atomic mass is 10.1. The number of unbranched alkanes of at least 4 members (excludes halogenated alkanes) is 8. The summed E-state index contributed by atoms with van der Waals surface area (Å²) in [6.07, 6.45) is 25.4. The van der Waals surface area contributed by atoms with Crippen LogP contribution in [0.1, 0.15) is 89.5 Å². The molecule has 0 radical (unpaired) electrons. The molecular weight excluding hydrogens is 399 g/mol. The minimum Gasteiger partial charge on any atom is -0.361 e. The SMILES string of the molecule is CCCCC/C=C\C/C=C\CCCCCCCC(=O)NCCc1c[nH]c2ccc(F)cc12. The number of rotatable bonds is 17. The molecule has 0 saturated heterocycles. The van der Waals surface area contributed by atoms with Crippen LogP contribution in [0, 0.1) is 5.82 Å². The Hall–Kier alpha value is -2.36. The summed E-state index contributed by atoms with van der Waals surface area (Å²) >= 11 is 0. The van der Waals surface area contributed by atoms with E-state index >= 15 is 0 Å². The number of carbonyl (C=O) groups is 1. The van der Waals surface area contributed by atoms with E-state index in [1.54, 1.807) is 12.1 Å². The van der Waals surface area contributed by atoms with Crippen molar-refractivity contribution in [3.8, 4) is 0 Å². The van der Waals surface area contributed by atoms with Crippen LogP contribution in [0.4, 0.5) is 4.39 Å². The number of halogens is 1. The van der Waals surface area contributed by atoms with Crippen LogP contribution >= 0.6 is 0 Å². The van der Waals surface area contributed by atoms with Gasteiger partial charge in [-0.15, -0.1) is 0 Å². The molecule has 4 heteroatoms. The second kappa shape index (κ2) is 16.3. The van der Waals surface area contributed by atoms with Crippen molar-refractivity contribution < 1.29 is 9.18 Å². The normalized spacial score (nSPS) is 11.8. The summed E-state index contributed by atoms with van der Waals surface area (Å²) < 4.78 is 13.4. The van der Waals surface area contributed by atoms with E-state index in [0.717, 1.165) is 42.1 Å². The van der Waals surface area contributed by atoms with Gasteiger partial charge >= 0.3 is 0 Å². The van der Waals surface area contributed by atoms with Crippen LogP contribution in [0.3, 0.4) is 0 Å². The van der Waals surface area contributed by atoms with Crippen molar-refractivity contribution in [2.75, 3.05) is 6.54 Å². The van der Waals surface area contributed by atoms with Gasteiger partial charge in [0.15, 0.2) is 0 Å². The summed E-state index contributed by atoms with van der Waals surface area (Å²) in [4.78, 5) is 15.2. The number of aromatic amines is 1. The Morgan fingerprint density at radius 1 is 0.969 bits per heavy atom. The Morgan fingerprint density at radius 2 is 1.69 bits per heavy atom. The molecule has 2 rings (SSSR count). The molecular formula is C28H41FN2O. The second-order valence-corrected chi connectivity index (χ2v) is 8.58. The molecule has 2 N–H and O–H groups in total. The Labute approximate surface area is 193 Å². The minimum atomic E-state index is -0.233. The van der Waals surface area contributed by atoms with Gasteiger partial charge in [0.25, 0.3) is 0 Å². The first kappa shape index (κ1) is 25.9. The molecule has 0 atom stereocenters. The van der Waals surface area contributed by atoms with E-state index in [1.165, 1.54) is 51.0 Å². The van der Waals surface area contributed by atoms with Crippen LogP contribution in [-0.4, -0.2) is 17.4 Å². The van der Waals surface area contributed by atoms with Crippen LogP contribution in [0.2, 0.25) is 0 Å². The molecule has 1 heterocycles. The average Bonchev–Trinajstić information content (AvgIpc) is 3.18. The number of fused-ring (bicyclic) bond motifs is 1. The fourth-order valence-electron chi connectivity index (χ4n) is 3.88. The first-order valence-electron chi connectivity index (χ1n) is 12.5. The second-order valence-electron chi connectivity index (χ2n) is 8.58. The molecule has 176 valence electrons. The van der Waals surface area contributed by atoms with Gasteiger partial charge in [0, 0.05) is 30.1 Å². The Balaban J connectivity index is 1.42. The first-order chi connectivity index (χ1) is 15.7. The van der Waals surface area contributed by atoms with Gasteiger partial charge in [-0.3, -0.25) is 4.79 Å². The number of aromatic nitrogens is 1. The minimum absolute atomic E-state index is 0.113.